The third-order valence-corrected chi connectivity index (χ3v) is 3.59. The lowest BCUT2D eigenvalue weighted by atomic mass is 9.96. The lowest BCUT2D eigenvalue weighted by Crippen LogP contribution is -2.48. The van der Waals surface area contributed by atoms with E-state index in [1.54, 1.807) is 4.90 Å². The molecule has 0 radical (unpaired) electrons. The first kappa shape index (κ1) is 16.8. The molecule has 3 amide bonds. The topological polar surface area (TPSA) is 61.4 Å². The average molecular weight is 283 g/mol. The van der Waals surface area contributed by atoms with Crippen LogP contribution in [0.4, 0.5) is 4.79 Å². The van der Waals surface area contributed by atoms with Gasteiger partial charge in [0.05, 0.1) is 0 Å². The predicted molar refractivity (Wildman–Crippen MR) is 80.4 cm³/mol. The van der Waals surface area contributed by atoms with E-state index in [2.05, 4.69) is 24.5 Å². The molecule has 2 N–H and O–H groups in total. The van der Waals surface area contributed by atoms with Crippen molar-refractivity contribution in [3.05, 3.63) is 0 Å². The van der Waals surface area contributed by atoms with Crippen molar-refractivity contribution in [2.45, 2.75) is 53.0 Å². The van der Waals surface area contributed by atoms with Crippen molar-refractivity contribution in [3.8, 4) is 0 Å². The molecule has 0 aromatic rings. The molecule has 0 bridgehead atoms. The third-order valence-electron chi connectivity index (χ3n) is 3.59. The molecular weight excluding hydrogens is 254 g/mol. The van der Waals surface area contributed by atoms with Gasteiger partial charge in [0.2, 0.25) is 5.91 Å². The number of nitrogens with zero attached hydrogens (tertiary/aromatic N) is 1. The van der Waals surface area contributed by atoms with Crippen molar-refractivity contribution < 1.29 is 9.59 Å². The van der Waals surface area contributed by atoms with E-state index in [1.165, 1.54) is 0 Å². The lowest BCUT2D eigenvalue weighted by molar-refractivity contribution is -0.126. The highest BCUT2D eigenvalue weighted by Gasteiger charge is 2.27. The Balaban J connectivity index is 2.27. The minimum absolute atomic E-state index is 0.0151. The van der Waals surface area contributed by atoms with Crippen LogP contribution in [-0.4, -0.2) is 42.5 Å². The molecule has 0 aromatic heterocycles. The molecule has 0 spiro atoms. The summed E-state index contributed by atoms with van der Waals surface area (Å²) >= 11 is 0. The zero-order chi connectivity index (χ0) is 15.1. The summed E-state index contributed by atoms with van der Waals surface area (Å²) in [6.45, 7) is 10.3. The Kier molecular flexibility index (Phi) is 6.82. The molecule has 5 nitrogen and oxygen atoms in total. The van der Waals surface area contributed by atoms with Crippen LogP contribution >= 0.6 is 0 Å². The first-order valence-corrected chi connectivity index (χ1v) is 7.73. The van der Waals surface area contributed by atoms with Gasteiger partial charge in [-0.3, -0.25) is 4.79 Å². The molecule has 1 fully saturated rings. The number of rotatable bonds is 5. The van der Waals surface area contributed by atoms with Gasteiger partial charge in [-0.1, -0.05) is 13.8 Å². The highest BCUT2D eigenvalue weighted by Crippen LogP contribution is 2.17. The highest BCUT2D eigenvalue weighted by molar-refractivity contribution is 5.79. The predicted octanol–water partition coefficient (Wildman–Crippen LogP) is 1.98. The molecule has 0 unspecified atom stereocenters. The second-order valence-corrected chi connectivity index (χ2v) is 6.34. The fourth-order valence-corrected chi connectivity index (χ4v) is 2.31. The summed E-state index contributed by atoms with van der Waals surface area (Å²) in [6, 6.07) is 0.137. The van der Waals surface area contributed by atoms with Crippen molar-refractivity contribution in [3.63, 3.8) is 0 Å². The summed E-state index contributed by atoms with van der Waals surface area (Å²) in [5.74, 6) is 0.816. The minimum atomic E-state index is -0.0151. The molecule has 1 heterocycles. The van der Waals surface area contributed by atoms with Crippen LogP contribution in [0.15, 0.2) is 0 Å². The number of hydrogen-bond donors (Lipinski definition) is 2. The van der Waals surface area contributed by atoms with E-state index in [0.717, 1.165) is 25.8 Å². The van der Waals surface area contributed by atoms with Crippen LogP contribution in [0.25, 0.3) is 0 Å². The maximum Gasteiger partial charge on any atom is 0.317 e. The van der Waals surface area contributed by atoms with Gasteiger partial charge in [-0.2, -0.15) is 0 Å². The molecule has 0 saturated carbocycles. The third kappa shape index (κ3) is 5.80. The van der Waals surface area contributed by atoms with Crippen LogP contribution in [0.2, 0.25) is 0 Å². The smallest absolute Gasteiger partial charge is 0.317 e. The first-order chi connectivity index (χ1) is 9.40. The van der Waals surface area contributed by atoms with E-state index in [0.29, 0.717) is 19.0 Å². The van der Waals surface area contributed by atoms with Crippen molar-refractivity contribution in [2.24, 2.45) is 11.8 Å². The average Bonchev–Trinajstić information content (AvgIpc) is 2.37. The summed E-state index contributed by atoms with van der Waals surface area (Å²) < 4.78 is 0. The molecule has 0 aliphatic carbocycles. The standard InChI is InChI=1S/C15H29N3O2/c1-11(2)5-8-16-14(19)13-6-9-18(10-7-13)15(20)17-12(3)4/h11-13H,5-10H2,1-4H3,(H,16,19)(H,17,20). The monoisotopic (exact) mass is 283 g/mol. The normalized spacial score (nSPS) is 16.6. The van der Waals surface area contributed by atoms with E-state index >= 15 is 0 Å². The van der Waals surface area contributed by atoms with E-state index in [4.69, 9.17) is 0 Å². The van der Waals surface area contributed by atoms with E-state index < -0.39 is 0 Å². The molecule has 5 heteroatoms. The maximum atomic E-state index is 12.0. The Morgan fingerprint density at radius 3 is 2.25 bits per heavy atom. The molecule has 1 saturated heterocycles. The fourth-order valence-electron chi connectivity index (χ4n) is 2.31. The van der Waals surface area contributed by atoms with Crippen LogP contribution in [0.3, 0.4) is 0 Å². The van der Waals surface area contributed by atoms with Crippen LogP contribution in [-0.2, 0) is 4.79 Å². The Bertz CT molecular complexity index is 321. The summed E-state index contributed by atoms with van der Waals surface area (Å²) in [5.41, 5.74) is 0. The van der Waals surface area contributed by atoms with Gasteiger partial charge in [0.15, 0.2) is 0 Å². The summed E-state index contributed by atoms with van der Waals surface area (Å²) in [7, 11) is 0. The van der Waals surface area contributed by atoms with Crippen LogP contribution in [0, 0.1) is 11.8 Å². The molecule has 1 aliphatic heterocycles. The van der Waals surface area contributed by atoms with Gasteiger partial charge in [0.1, 0.15) is 0 Å². The van der Waals surface area contributed by atoms with Gasteiger partial charge in [-0.15, -0.1) is 0 Å². The fraction of sp³-hybridized carbons (Fsp3) is 0.867. The second-order valence-electron chi connectivity index (χ2n) is 6.34. The largest absolute Gasteiger partial charge is 0.356 e. The first-order valence-electron chi connectivity index (χ1n) is 7.73. The number of hydrogen-bond acceptors (Lipinski definition) is 2. The van der Waals surface area contributed by atoms with Crippen LogP contribution < -0.4 is 10.6 Å². The number of likely N-dealkylation sites (tertiary alicyclic amines) is 1. The van der Waals surface area contributed by atoms with Gasteiger partial charge >= 0.3 is 6.03 Å². The van der Waals surface area contributed by atoms with Gasteiger partial charge in [-0.25, -0.2) is 4.79 Å². The zero-order valence-electron chi connectivity index (χ0n) is 13.2. The number of amides is 3. The Morgan fingerprint density at radius 2 is 1.75 bits per heavy atom. The number of carbonyl (C=O) groups excluding carboxylic acids is 2. The summed E-state index contributed by atoms with van der Waals surface area (Å²) in [5, 5.41) is 5.89. The van der Waals surface area contributed by atoms with Crippen molar-refractivity contribution in [1.82, 2.24) is 15.5 Å². The maximum absolute atomic E-state index is 12.0. The Hall–Kier alpha value is -1.26. The molecular formula is C15H29N3O2. The quantitative estimate of drug-likeness (QED) is 0.810. The van der Waals surface area contributed by atoms with Crippen LogP contribution in [0.1, 0.15) is 47.0 Å². The summed E-state index contributed by atoms with van der Waals surface area (Å²) in [4.78, 5) is 25.7. The molecule has 0 aromatic carbocycles. The van der Waals surface area contributed by atoms with Gasteiger partial charge in [-0.05, 0) is 39.0 Å². The zero-order valence-corrected chi connectivity index (χ0v) is 13.2. The molecule has 1 aliphatic rings. The molecule has 20 heavy (non-hydrogen) atoms. The number of carbonyl (C=O) groups is 2. The second kappa shape index (κ2) is 8.12. The van der Waals surface area contributed by atoms with Gasteiger partial charge in [0.25, 0.3) is 0 Å². The number of nitrogens with one attached hydrogen (secondary N) is 2. The van der Waals surface area contributed by atoms with Crippen LogP contribution in [0.5, 0.6) is 0 Å². The SMILES string of the molecule is CC(C)CCNC(=O)C1CCN(C(=O)NC(C)C)CC1. The van der Waals surface area contributed by atoms with Crippen molar-refractivity contribution >= 4 is 11.9 Å². The highest BCUT2D eigenvalue weighted by atomic mass is 16.2. The van der Waals surface area contributed by atoms with E-state index in [-0.39, 0.29) is 23.9 Å². The number of piperidine rings is 1. The minimum Gasteiger partial charge on any atom is -0.356 e. The van der Waals surface area contributed by atoms with Crippen molar-refractivity contribution in [2.75, 3.05) is 19.6 Å². The van der Waals surface area contributed by atoms with Gasteiger partial charge < -0.3 is 15.5 Å². The summed E-state index contributed by atoms with van der Waals surface area (Å²) in [6.07, 6.45) is 2.54. The van der Waals surface area contributed by atoms with Crippen molar-refractivity contribution in [1.29, 1.82) is 0 Å². The van der Waals surface area contributed by atoms with Gasteiger partial charge in [0, 0.05) is 31.6 Å². The van der Waals surface area contributed by atoms with E-state index in [1.807, 2.05) is 13.8 Å². The number of urea groups is 1. The molecule has 116 valence electrons. The van der Waals surface area contributed by atoms with E-state index in [9.17, 15) is 9.59 Å². The molecule has 0 atom stereocenters. The molecule has 1 rings (SSSR count). The Labute approximate surface area is 122 Å². The Morgan fingerprint density at radius 1 is 1.15 bits per heavy atom. The lowest BCUT2D eigenvalue weighted by Gasteiger charge is -2.32.